The summed E-state index contributed by atoms with van der Waals surface area (Å²) in [4.78, 5) is 31.5. The SMILES string of the molecule is Cc1cc(/C(O)=C2/C(=O)C(=O)N(Cc3cccnc3)C2c2ccc(Cl)c(Cl)c2)ccc1F. The lowest BCUT2D eigenvalue weighted by Crippen LogP contribution is -2.29. The van der Waals surface area contributed by atoms with E-state index in [1.807, 2.05) is 0 Å². The van der Waals surface area contributed by atoms with Gasteiger partial charge in [0.15, 0.2) is 0 Å². The molecule has 0 radical (unpaired) electrons. The van der Waals surface area contributed by atoms with Crippen LogP contribution < -0.4 is 0 Å². The lowest BCUT2D eigenvalue weighted by molar-refractivity contribution is -0.140. The van der Waals surface area contributed by atoms with Crippen LogP contribution >= 0.6 is 23.2 Å². The van der Waals surface area contributed by atoms with E-state index in [1.165, 1.54) is 23.1 Å². The number of hydrogen-bond donors (Lipinski definition) is 1. The number of rotatable bonds is 4. The molecule has 1 aromatic heterocycles. The maximum absolute atomic E-state index is 13.7. The molecule has 0 saturated carbocycles. The van der Waals surface area contributed by atoms with Crippen molar-refractivity contribution in [1.82, 2.24) is 9.88 Å². The predicted molar refractivity (Wildman–Crippen MR) is 120 cm³/mol. The molecular weight excluding hydrogens is 454 g/mol. The highest BCUT2D eigenvalue weighted by Crippen LogP contribution is 2.41. The molecule has 32 heavy (non-hydrogen) atoms. The van der Waals surface area contributed by atoms with Gasteiger partial charge < -0.3 is 10.0 Å². The summed E-state index contributed by atoms with van der Waals surface area (Å²) in [6, 6.07) is 11.3. The molecular formula is C24H17Cl2FN2O3. The Morgan fingerprint density at radius 2 is 1.91 bits per heavy atom. The van der Waals surface area contributed by atoms with Crippen molar-refractivity contribution < 1.29 is 19.1 Å². The molecule has 2 heterocycles. The molecule has 5 nitrogen and oxygen atoms in total. The fourth-order valence-corrected chi connectivity index (χ4v) is 4.01. The minimum atomic E-state index is -0.921. The van der Waals surface area contributed by atoms with Gasteiger partial charge in [0.05, 0.1) is 21.7 Å². The zero-order chi connectivity index (χ0) is 23.0. The number of aryl methyl sites for hydroxylation is 1. The van der Waals surface area contributed by atoms with Gasteiger partial charge in [-0.1, -0.05) is 35.3 Å². The predicted octanol–water partition coefficient (Wildman–Crippen LogP) is 5.46. The average molecular weight is 471 g/mol. The second kappa shape index (κ2) is 8.73. The van der Waals surface area contributed by atoms with Crippen molar-refractivity contribution in [3.05, 3.63) is 105 Å². The number of amides is 1. The summed E-state index contributed by atoms with van der Waals surface area (Å²) in [5.74, 6) is -2.45. The van der Waals surface area contributed by atoms with E-state index < -0.39 is 29.3 Å². The second-order valence-electron chi connectivity index (χ2n) is 7.43. The van der Waals surface area contributed by atoms with Gasteiger partial charge in [0.1, 0.15) is 11.6 Å². The first kappa shape index (κ1) is 22.0. The van der Waals surface area contributed by atoms with Crippen LogP contribution in [-0.4, -0.2) is 26.7 Å². The molecule has 1 amide bonds. The van der Waals surface area contributed by atoms with Crippen molar-refractivity contribution >= 4 is 40.7 Å². The Morgan fingerprint density at radius 1 is 1.12 bits per heavy atom. The summed E-state index contributed by atoms with van der Waals surface area (Å²) in [6.45, 7) is 1.63. The molecule has 3 aromatic rings. The number of benzene rings is 2. The third-order valence-electron chi connectivity index (χ3n) is 5.31. The molecule has 0 aliphatic carbocycles. The Hall–Kier alpha value is -3.22. The zero-order valence-electron chi connectivity index (χ0n) is 16.8. The van der Waals surface area contributed by atoms with Crippen LogP contribution in [0.5, 0.6) is 0 Å². The highest BCUT2D eigenvalue weighted by molar-refractivity contribution is 6.46. The Bertz CT molecular complexity index is 1260. The molecule has 1 aliphatic rings. The summed E-state index contributed by atoms with van der Waals surface area (Å²) >= 11 is 12.3. The molecule has 2 aromatic carbocycles. The van der Waals surface area contributed by atoms with E-state index in [1.54, 1.807) is 49.6 Å². The van der Waals surface area contributed by atoms with E-state index in [0.717, 1.165) is 0 Å². The van der Waals surface area contributed by atoms with Crippen molar-refractivity contribution in [2.75, 3.05) is 0 Å². The van der Waals surface area contributed by atoms with Gasteiger partial charge in [0.25, 0.3) is 11.7 Å². The fourth-order valence-electron chi connectivity index (χ4n) is 3.71. The number of pyridine rings is 1. The summed E-state index contributed by atoms with van der Waals surface area (Å²) < 4.78 is 13.7. The fraction of sp³-hybridized carbons (Fsp3) is 0.125. The molecule has 1 atom stereocenters. The first-order valence-electron chi connectivity index (χ1n) is 9.66. The first-order valence-corrected chi connectivity index (χ1v) is 10.4. The third kappa shape index (κ3) is 3.99. The van der Waals surface area contributed by atoms with E-state index in [9.17, 15) is 19.1 Å². The number of likely N-dealkylation sites (tertiary alicyclic amines) is 1. The van der Waals surface area contributed by atoms with Gasteiger partial charge in [0.2, 0.25) is 0 Å². The van der Waals surface area contributed by atoms with E-state index in [4.69, 9.17) is 23.2 Å². The van der Waals surface area contributed by atoms with Crippen LogP contribution in [-0.2, 0) is 16.1 Å². The lowest BCUT2D eigenvalue weighted by Gasteiger charge is -2.25. The van der Waals surface area contributed by atoms with E-state index in [-0.39, 0.29) is 22.7 Å². The summed E-state index contributed by atoms with van der Waals surface area (Å²) in [5, 5.41) is 11.6. The van der Waals surface area contributed by atoms with E-state index in [2.05, 4.69) is 4.98 Å². The van der Waals surface area contributed by atoms with Crippen molar-refractivity contribution in [2.45, 2.75) is 19.5 Å². The van der Waals surface area contributed by atoms with Gasteiger partial charge in [-0.15, -0.1) is 0 Å². The quantitative estimate of drug-likeness (QED) is 0.312. The minimum absolute atomic E-state index is 0.0859. The van der Waals surface area contributed by atoms with Gasteiger partial charge in [-0.25, -0.2) is 4.39 Å². The number of carbonyl (C=O) groups excluding carboxylic acids is 2. The smallest absolute Gasteiger partial charge is 0.295 e. The van der Waals surface area contributed by atoms with Gasteiger partial charge in [-0.3, -0.25) is 14.6 Å². The van der Waals surface area contributed by atoms with E-state index in [0.29, 0.717) is 21.7 Å². The van der Waals surface area contributed by atoms with Gasteiger partial charge in [0, 0.05) is 24.5 Å². The molecule has 0 spiro atoms. The average Bonchev–Trinajstić information content (AvgIpc) is 3.02. The lowest BCUT2D eigenvalue weighted by atomic mass is 9.94. The largest absolute Gasteiger partial charge is 0.507 e. The van der Waals surface area contributed by atoms with Crippen LogP contribution in [0, 0.1) is 12.7 Å². The molecule has 1 fully saturated rings. The van der Waals surface area contributed by atoms with Crippen LogP contribution in [0.2, 0.25) is 10.0 Å². The number of aliphatic hydroxyl groups excluding tert-OH is 1. The Balaban J connectivity index is 1.90. The maximum Gasteiger partial charge on any atom is 0.295 e. The number of ketones is 1. The molecule has 1 N–H and O–H groups in total. The highest BCUT2D eigenvalue weighted by Gasteiger charge is 2.46. The van der Waals surface area contributed by atoms with Crippen LogP contribution in [0.3, 0.4) is 0 Å². The monoisotopic (exact) mass is 470 g/mol. The number of hydrogen-bond acceptors (Lipinski definition) is 4. The normalized spacial score (nSPS) is 17.8. The third-order valence-corrected chi connectivity index (χ3v) is 6.05. The van der Waals surface area contributed by atoms with Gasteiger partial charge in [-0.05, 0) is 60.0 Å². The first-order chi connectivity index (χ1) is 15.3. The number of carbonyl (C=O) groups is 2. The molecule has 162 valence electrons. The Morgan fingerprint density at radius 3 is 2.56 bits per heavy atom. The topological polar surface area (TPSA) is 70.5 Å². The Labute approximate surface area is 193 Å². The van der Waals surface area contributed by atoms with Crippen molar-refractivity contribution in [2.24, 2.45) is 0 Å². The van der Waals surface area contributed by atoms with Crippen molar-refractivity contribution in [3.63, 3.8) is 0 Å². The molecule has 0 bridgehead atoms. The molecule has 1 aliphatic heterocycles. The van der Waals surface area contributed by atoms with Gasteiger partial charge >= 0.3 is 0 Å². The van der Waals surface area contributed by atoms with Crippen LogP contribution in [0.1, 0.15) is 28.3 Å². The minimum Gasteiger partial charge on any atom is -0.507 e. The van der Waals surface area contributed by atoms with E-state index >= 15 is 0 Å². The van der Waals surface area contributed by atoms with Crippen LogP contribution in [0.25, 0.3) is 5.76 Å². The second-order valence-corrected chi connectivity index (χ2v) is 8.24. The number of halogens is 3. The number of aromatic nitrogens is 1. The molecule has 4 rings (SSSR count). The van der Waals surface area contributed by atoms with Crippen LogP contribution in [0.15, 0.2) is 66.5 Å². The van der Waals surface area contributed by atoms with Crippen molar-refractivity contribution in [1.29, 1.82) is 0 Å². The van der Waals surface area contributed by atoms with Crippen molar-refractivity contribution in [3.8, 4) is 0 Å². The molecule has 8 heteroatoms. The number of nitrogens with zero attached hydrogens (tertiary/aromatic N) is 2. The molecule has 1 unspecified atom stereocenters. The van der Waals surface area contributed by atoms with Gasteiger partial charge in [-0.2, -0.15) is 0 Å². The van der Waals surface area contributed by atoms with Crippen LogP contribution in [0.4, 0.5) is 4.39 Å². The zero-order valence-corrected chi connectivity index (χ0v) is 18.4. The number of Topliss-reactive ketones (excluding diaryl/α,β-unsaturated/α-hetero) is 1. The highest BCUT2D eigenvalue weighted by atomic mass is 35.5. The standard InChI is InChI=1S/C24H17Cl2FN2O3/c1-13-9-16(5-7-19(13)27)22(30)20-21(15-4-6-17(25)18(26)10-15)29(24(32)23(20)31)12-14-3-2-8-28-11-14/h2-11,21,30H,12H2,1H3/b22-20-. The Kier molecular flexibility index (Phi) is 6.00. The maximum atomic E-state index is 13.7. The summed E-state index contributed by atoms with van der Waals surface area (Å²) in [7, 11) is 0. The summed E-state index contributed by atoms with van der Waals surface area (Å²) in [6.07, 6.45) is 3.19. The summed E-state index contributed by atoms with van der Waals surface area (Å²) in [5.41, 5.74) is 1.63. The molecule has 1 saturated heterocycles. The number of aliphatic hydroxyl groups is 1.